The zero-order valence-corrected chi connectivity index (χ0v) is 15.6. The molecule has 166 valence electrons. The van der Waals surface area contributed by atoms with Gasteiger partial charge in [-0.25, -0.2) is 0 Å². The van der Waals surface area contributed by atoms with Gasteiger partial charge in [0.15, 0.2) is 0 Å². The molecule has 0 atom stereocenters. The zero-order valence-electron chi connectivity index (χ0n) is 35.6. The third-order valence-corrected chi connectivity index (χ3v) is 2.92. The highest BCUT2D eigenvalue weighted by Crippen LogP contribution is 2.00. The molecule has 2 rings (SSSR count). The molecule has 0 unspecified atom stereocenters. The molecule has 0 bridgehead atoms. The van der Waals surface area contributed by atoms with Crippen LogP contribution in [0.25, 0.3) is 0 Å². The van der Waals surface area contributed by atoms with Gasteiger partial charge >= 0.3 is 0 Å². The lowest BCUT2D eigenvalue weighted by molar-refractivity contribution is -0.0185. The predicted molar refractivity (Wildman–Crippen MR) is 115 cm³/mol. The fourth-order valence-corrected chi connectivity index (χ4v) is 1.71. The molecule has 0 aliphatic carbocycles. The first-order valence-electron chi connectivity index (χ1n) is 18.4. The lowest BCUT2D eigenvalue weighted by Gasteiger charge is -2.08. The largest absolute Gasteiger partial charge is 0.377 e. The van der Waals surface area contributed by atoms with Crippen molar-refractivity contribution in [2.24, 2.45) is 0 Å². The summed E-state index contributed by atoms with van der Waals surface area (Å²) in [4.78, 5) is 0. The van der Waals surface area contributed by atoms with Crippen molar-refractivity contribution in [1.29, 1.82) is 0 Å². The third kappa shape index (κ3) is 13.4. The Morgan fingerprint density at radius 3 is 0.967 bits per heavy atom. The molecule has 0 amide bonds. The fraction of sp³-hybridized carbons (Fsp3) is 0.500. The van der Waals surface area contributed by atoms with E-state index in [9.17, 15) is 0 Å². The smallest absolute Gasteiger partial charge is 0.0718 e. The van der Waals surface area contributed by atoms with Gasteiger partial charge < -0.3 is 28.4 Å². The standard InChI is InChI=1S/C24H34O6/c1-3-7-23(8-4-1)21-29-19-17-27-15-13-25-11-12-26-14-16-28-18-20-30-22-24-9-5-2-6-10-24/h1-10H,11-22H2/i11D2,12D2,13D2,14D2,15D2,16D2,17D2,18D2,19D2,20D2. The van der Waals surface area contributed by atoms with Crippen LogP contribution in [0.15, 0.2) is 60.7 Å². The summed E-state index contributed by atoms with van der Waals surface area (Å²) in [6, 6.07) is 15.5. The van der Waals surface area contributed by atoms with Crippen LogP contribution in [0.3, 0.4) is 0 Å². The Bertz CT molecular complexity index is 1290. The first kappa shape index (κ1) is 8.62. The van der Waals surface area contributed by atoms with Crippen LogP contribution in [0.1, 0.15) is 38.5 Å². The molecule has 0 saturated carbocycles. The Morgan fingerprint density at radius 2 is 0.667 bits per heavy atom. The van der Waals surface area contributed by atoms with Crippen molar-refractivity contribution in [2.45, 2.75) is 13.2 Å². The van der Waals surface area contributed by atoms with E-state index in [0.717, 1.165) is 0 Å². The fourth-order valence-electron chi connectivity index (χ4n) is 1.71. The molecular formula is C24H34O6. The maximum atomic E-state index is 7.89. The third-order valence-electron chi connectivity index (χ3n) is 2.92. The molecule has 0 aromatic heterocycles. The van der Waals surface area contributed by atoms with Crippen LogP contribution in [0.4, 0.5) is 0 Å². The van der Waals surface area contributed by atoms with Gasteiger partial charge in [-0.15, -0.1) is 0 Å². The molecule has 6 heteroatoms. The van der Waals surface area contributed by atoms with Gasteiger partial charge in [0.1, 0.15) is 0 Å². The van der Waals surface area contributed by atoms with Crippen LogP contribution in [0.5, 0.6) is 0 Å². The highest BCUT2D eigenvalue weighted by atomic mass is 16.6. The molecule has 0 saturated heterocycles. The summed E-state index contributed by atoms with van der Waals surface area (Å²) in [5.41, 5.74) is 0.732. The van der Waals surface area contributed by atoms with Gasteiger partial charge in [-0.05, 0) is 11.1 Å². The molecule has 0 heterocycles. The molecule has 30 heavy (non-hydrogen) atoms. The minimum atomic E-state index is -4.31. The van der Waals surface area contributed by atoms with E-state index in [1.165, 1.54) is 24.3 Å². The molecule has 2 aromatic carbocycles. The summed E-state index contributed by atoms with van der Waals surface area (Å²) in [5, 5.41) is 0. The molecule has 0 aliphatic rings. The second kappa shape index (κ2) is 18.0. The summed E-state index contributed by atoms with van der Waals surface area (Å²) < 4.78 is 185. The van der Waals surface area contributed by atoms with E-state index < -0.39 is 78.8 Å². The van der Waals surface area contributed by atoms with Crippen molar-refractivity contribution in [3.63, 3.8) is 0 Å². The quantitative estimate of drug-likeness (QED) is 0.335. The van der Waals surface area contributed by atoms with Gasteiger partial charge in [-0.1, -0.05) is 60.7 Å². The first-order valence-corrected chi connectivity index (χ1v) is 8.40. The van der Waals surface area contributed by atoms with Crippen molar-refractivity contribution in [3.05, 3.63) is 71.8 Å². The second-order valence-electron chi connectivity index (χ2n) is 4.98. The average Bonchev–Trinajstić information content (AvgIpc) is 2.93. The Morgan fingerprint density at radius 1 is 0.400 bits per heavy atom. The Kier molecular flexibility index (Phi) is 5.17. The van der Waals surface area contributed by atoms with E-state index in [0.29, 0.717) is 11.1 Å². The number of rotatable bonds is 19. The van der Waals surface area contributed by atoms with Crippen molar-refractivity contribution in [2.75, 3.05) is 65.6 Å². The summed E-state index contributed by atoms with van der Waals surface area (Å²) in [6.07, 6.45) is 0. The molecule has 0 N–H and O–H groups in total. The molecule has 0 aliphatic heterocycles. The van der Waals surface area contributed by atoms with E-state index in [-0.39, 0.29) is 0 Å². The monoisotopic (exact) mass is 438 g/mol. The van der Waals surface area contributed by atoms with Gasteiger partial charge in [0.25, 0.3) is 0 Å². The van der Waals surface area contributed by atoms with Crippen LogP contribution >= 0.6 is 0 Å². The van der Waals surface area contributed by atoms with Crippen molar-refractivity contribution in [1.82, 2.24) is 0 Å². The number of benzene rings is 2. The Labute approximate surface area is 208 Å². The first-order chi connectivity index (χ1) is 22.2. The topological polar surface area (TPSA) is 55.4 Å². The number of ether oxygens (including phenoxy) is 6. The predicted octanol–water partition coefficient (Wildman–Crippen LogP) is 3.49. The van der Waals surface area contributed by atoms with Crippen LogP contribution in [0.2, 0.25) is 0 Å². The lowest BCUT2D eigenvalue weighted by Crippen LogP contribution is -2.14. The summed E-state index contributed by atoms with van der Waals surface area (Å²) in [7, 11) is 0. The lowest BCUT2D eigenvalue weighted by atomic mass is 10.2. The maximum Gasteiger partial charge on any atom is 0.0718 e. The van der Waals surface area contributed by atoms with Gasteiger partial charge in [0.05, 0.1) is 106 Å². The Balaban J connectivity index is 2.20. The molecular weight excluding hydrogens is 384 g/mol. The minimum Gasteiger partial charge on any atom is -0.377 e. The highest BCUT2D eigenvalue weighted by molar-refractivity contribution is 5.14. The van der Waals surface area contributed by atoms with Gasteiger partial charge in [0, 0.05) is 0 Å². The van der Waals surface area contributed by atoms with E-state index in [1.807, 2.05) is 0 Å². The normalized spacial score (nSPS) is 25.7. The van der Waals surface area contributed by atoms with Gasteiger partial charge in [0.2, 0.25) is 0 Å². The molecule has 0 spiro atoms. The van der Waals surface area contributed by atoms with E-state index in [4.69, 9.17) is 36.9 Å². The van der Waals surface area contributed by atoms with E-state index >= 15 is 0 Å². The zero-order chi connectivity index (χ0) is 38.9. The SMILES string of the molecule is [2H]C([2H])(OCc1ccccc1)C([2H])([2H])OC([2H])([2H])C([2H])([2H])OC([2H])([2H])C([2H])([2H])OC([2H])([2H])C([2H])([2H])OC([2H])([2H])C([2H])([2H])OCc1ccccc1. The van der Waals surface area contributed by atoms with Crippen molar-refractivity contribution < 1.29 is 55.8 Å². The van der Waals surface area contributed by atoms with Crippen LogP contribution in [-0.2, 0) is 41.6 Å². The Hall–Kier alpha value is -1.80. The summed E-state index contributed by atoms with van der Waals surface area (Å²) in [5.74, 6) is 0. The molecule has 0 radical (unpaired) electrons. The van der Waals surface area contributed by atoms with Crippen LogP contribution < -0.4 is 0 Å². The second-order valence-corrected chi connectivity index (χ2v) is 4.98. The number of hydrogen-bond acceptors (Lipinski definition) is 6. The highest BCUT2D eigenvalue weighted by Gasteiger charge is 1.95. The van der Waals surface area contributed by atoms with Gasteiger partial charge in [-0.2, -0.15) is 0 Å². The minimum absolute atomic E-state index is 0.366. The number of hydrogen-bond donors (Lipinski definition) is 0. The van der Waals surface area contributed by atoms with Gasteiger partial charge in [-0.3, -0.25) is 0 Å². The van der Waals surface area contributed by atoms with Crippen LogP contribution in [-0.4, -0.2) is 65.6 Å². The van der Waals surface area contributed by atoms with E-state index in [2.05, 4.69) is 18.9 Å². The van der Waals surface area contributed by atoms with Crippen molar-refractivity contribution >= 4 is 0 Å². The molecule has 6 nitrogen and oxygen atoms in total. The average molecular weight is 439 g/mol. The summed E-state index contributed by atoms with van der Waals surface area (Å²) >= 11 is 0. The summed E-state index contributed by atoms with van der Waals surface area (Å²) in [6.45, 7) is -41.1. The maximum absolute atomic E-state index is 7.89. The molecule has 0 fully saturated rings. The van der Waals surface area contributed by atoms with E-state index in [1.54, 1.807) is 36.4 Å². The van der Waals surface area contributed by atoms with Crippen LogP contribution in [0, 0.1) is 0 Å². The van der Waals surface area contributed by atoms with Crippen molar-refractivity contribution in [3.8, 4) is 0 Å². The molecule has 2 aromatic rings.